The zero-order valence-corrected chi connectivity index (χ0v) is 19.7. The average molecular weight is 495 g/mol. The molecule has 8 nitrogen and oxygen atoms in total. The second-order valence-electron chi connectivity index (χ2n) is 8.13. The van der Waals surface area contributed by atoms with E-state index in [1.54, 1.807) is 25.1 Å². The van der Waals surface area contributed by atoms with E-state index in [2.05, 4.69) is 25.7 Å². The van der Waals surface area contributed by atoms with Crippen LogP contribution in [0.3, 0.4) is 0 Å². The summed E-state index contributed by atoms with van der Waals surface area (Å²) in [4.78, 5) is 31.3. The van der Waals surface area contributed by atoms with Crippen molar-refractivity contribution in [3.8, 4) is 11.1 Å². The van der Waals surface area contributed by atoms with Crippen LogP contribution < -0.4 is 15.8 Å². The Bertz CT molecular complexity index is 1830. The molecule has 0 aliphatic carbocycles. The van der Waals surface area contributed by atoms with Crippen molar-refractivity contribution >= 4 is 49.2 Å². The summed E-state index contributed by atoms with van der Waals surface area (Å²) in [5, 5.41) is 1.48. The standard InChI is InChI=1S/C24H19ClN4O4S/c1-12-7-20-21(28-24(31)23(30)27-20)11-22(12)34(32,33)29-16-5-6-17(18(25)10-16)14-3-4-15-8-13(2)26-19(15)9-14/h3-11,26,29H,1-2H3,(H,27,30)(H,28,31). The van der Waals surface area contributed by atoms with Gasteiger partial charge in [0.05, 0.1) is 26.6 Å². The van der Waals surface area contributed by atoms with Crippen molar-refractivity contribution in [3.05, 3.63) is 91.6 Å². The Balaban J connectivity index is 1.49. The summed E-state index contributed by atoms with van der Waals surface area (Å²) >= 11 is 6.52. The molecule has 172 valence electrons. The summed E-state index contributed by atoms with van der Waals surface area (Å²) in [7, 11) is -4.01. The number of H-pyrrole nitrogens is 3. The Kier molecular flexibility index (Phi) is 5.11. The fourth-order valence-corrected chi connectivity index (χ4v) is 5.60. The number of benzene rings is 3. The average Bonchev–Trinajstić information content (AvgIpc) is 3.13. The summed E-state index contributed by atoms with van der Waals surface area (Å²) < 4.78 is 28.8. The molecule has 0 fully saturated rings. The number of rotatable bonds is 4. The highest BCUT2D eigenvalue weighted by atomic mass is 35.5. The van der Waals surface area contributed by atoms with Crippen LogP contribution in [0.5, 0.6) is 0 Å². The number of anilines is 1. The minimum atomic E-state index is -4.01. The highest BCUT2D eigenvalue weighted by Gasteiger charge is 2.19. The van der Waals surface area contributed by atoms with Gasteiger partial charge in [0.15, 0.2) is 0 Å². The fraction of sp³-hybridized carbons (Fsp3) is 0.0833. The minimum absolute atomic E-state index is 0.0320. The van der Waals surface area contributed by atoms with Gasteiger partial charge in [-0.15, -0.1) is 0 Å². The Morgan fingerprint density at radius 2 is 1.50 bits per heavy atom. The molecule has 0 unspecified atom stereocenters. The van der Waals surface area contributed by atoms with Crippen LogP contribution in [0.2, 0.25) is 5.02 Å². The Morgan fingerprint density at radius 1 is 0.794 bits per heavy atom. The van der Waals surface area contributed by atoms with Crippen LogP contribution in [0, 0.1) is 13.8 Å². The highest BCUT2D eigenvalue weighted by Crippen LogP contribution is 2.33. The Hall–Kier alpha value is -3.82. The van der Waals surface area contributed by atoms with E-state index < -0.39 is 21.1 Å². The summed E-state index contributed by atoms with van der Waals surface area (Å²) in [6.45, 7) is 3.59. The first kappa shape index (κ1) is 22.0. The van der Waals surface area contributed by atoms with Gasteiger partial charge in [0.25, 0.3) is 10.0 Å². The van der Waals surface area contributed by atoms with E-state index in [-0.39, 0.29) is 10.4 Å². The van der Waals surface area contributed by atoms with Gasteiger partial charge >= 0.3 is 11.1 Å². The summed E-state index contributed by atoms with van der Waals surface area (Å²) in [5.41, 5.74) is 3.29. The number of fused-ring (bicyclic) bond motifs is 2. The van der Waals surface area contributed by atoms with Crippen LogP contribution >= 0.6 is 11.6 Å². The van der Waals surface area contributed by atoms with Gasteiger partial charge in [-0.2, -0.15) is 0 Å². The van der Waals surface area contributed by atoms with E-state index in [1.807, 2.05) is 25.1 Å². The van der Waals surface area contributed by atoms with Crippen LogP contribution in [-0.2, 0) is 10.0 Å². The van der Waals surface area contributed by atoms with E-state index in [4.69, 9.17) is 11.6 Å². The maximum atomic E-state index is 13.1. The molecule has 0 saturated carbocycles. The molecule has 0 aliphatic rings. The molecule has 0 amide bonds. The molecule has 34 heavy (non-hydrogen) atoms. The molecule has 0 bridgehead atoms. The lowest BCUT2D eigenvalue weighted by Gasteiger charge is -2.13. The van der Waals surface area contributed by atoms with E-state index in [0.717, 1.165) is 27.7 Å². The molecule has 2 aromatic heterocycles. The molecule has 2 heterocycles. The normalized spacial score (nSPS) is 11.9. The third-order valence-corrected chi connectivity index (χ3v) is 7.43. The Morgan fingerprint density at radius 3 is 2.21 bits per heavy atom. The van der Waals surface area contributed by atoms with Crippen molar-refractivity contribution in [1.29, 1.82) is 0 Å². The molecular weight excluding hydrogens is 476 g/mol. The van der Waals surface area contributed by atoms with Crippen LogP contribution in [0.4, 0.5) is 5.69 Å². The highest BCUT2D eigenvalue weighted by molar-refractivity contribution is 7.92. The predicted molar refractivity (Wildman–Crippen MR) is 134 cm³/mol. The number of halogens is 1. The van der Waals surface area contributed by atoms with Gasteiger partial charge in [0.2, 0.25) is 0 Å². The molecule has 0 saturated heterocycles. The number of aromatic nitrogens is 3. The second-order valence-corrected chi connectivity index (χ2v) is 10.2. The first-order valence-electron chi connectivity index (χ1n) is 10.3. The van der Waals surface area contributed by atoms with Crippen LogP contribution in [0.1, 0.15) is 11.3 Å². The van der Waals surface area contributed by atoms with Gasteiger partial charge in [-0.1, -0.05) is 29.8 Å². The molecule has 3 aromatic carbocycles. The molecule has 0 spiro atoms. The molecular formula is C24H19ClN4O4S. The van der Waals surface area contributed by atoms with E-state index >= 15 is 0 Å². The molecule has 5 aromatic rings. The molecule has 4 N–H and O–H groups in total. The zero-order valence-electron chi connectivity index (χ0n) is 18.1. The lowest BCUT2D eigenvalue weighted by Crippen LogP contribution is -2.29. The summed E-state index contributed by atoms with van der Waals surface area (Å²) in [6.07, 6.45) is 0. The van der Waals surface area contributed by atoms with Crippen LogP contribution in [-0.4, -0.2) is 23.4 Å². The van der Waals surface area contributed by atoms with Crippen molar-refractivity contribution in [2.24, 2.45) is 0 Å². The van der Waals surface area contributed by atoms with E-state index in [1.165, 1.54) is 12.1 Å². The number of hydrogen-bond acceptors (Lipinski definition) is 4. The molecule has 10 heteroatoms. The molecule has 0 atom stereocenters. The van der Waals surface area contributed by atoms with Crippen molar-refractivity contribution in [3.63, 3.8) is 0 Å². The first-order chi connectivity index (χ1) is 16.1. The summed E-state index contributed by atoms with van der Waals surface area (Å²) in [6, 6.07) is 15.8. The number of sulfonamides is 1. The smallest absolute Gasteiger partial charge is 0.314 e. The van der Waals surface area contributed by atoms with E-state index in [9.17, 15) is 18.0 Å². The quantitative estimate of drug-likeness (QED) is 0.275. The largest absolute Gasteiger partial charge is 0.359 e. The van der Waals surface area contributed by atoms with Gasteiger partial charge in [-0.05, 0) is 66.8 Å². The lowest BCUT2D eigenvalue weighted by atomic mass is 10.0. The molecule has 0 radical (unpaired) electrons. The van der Waals surface area contributed by atoms with Crippen molar-refractivity contribution in [2.45, 2.75) is 18.7 Å². The topological polar surface area (TPSA) is 128 Å². The van der Waals surface area contributed by atoms with Crippen molar-refractivity contribution < 1.29 is 8.42 Å². The first-order valence-corrected chi connectivity index (χ1v) is 12.2. The lowest BCUT2D eigenvalue weighted by molar-refractivity contribution is 0.600. The van der Waals surface area contributed by atoms with Crippen LogP contribution in [0.25, 0.3) is 33.1 Å². The van der Waals surface area contributed by atoms with Crippen molar-refractivity contribution in [1.82, 2.24) is 15.0 Å². The minimum Gasteiger partial charge on any atom is -0.359 e. The van der Waals surface area contributed by atoms with Gasteiger partial charge in [-0.25, -0.2) is 8.42 Å². The number of hydrogen-bond donors (Lipinski definition) is 4. The number of aromatic amines is 3. The summed E-state index contributed by atoms with van der Waals surface area (Å²) in [5.74, 6) is 0. The third kappa shape index (κ3) is 3.89. The molecule has 0 aliphatic heterocycles. The third-order valence-electron chi connectivity index (χ3n) is 5.60. The number of nitrogens with one attached hydrogen (secondary N) is 4. The maximum absolute atomic E-state index is 13.1. The second kappa shape index (κ2) is 7.89. The SMILES string of the molecule is Cc1cc2ccc(-c3ccc(NS(=O)(=O)c4cc5[nH]c(=O)c(=O)[nH]c5cc4C)cc3Cl)cc2[nH]1. The Labute approximate surface area is 198 Å². The fourth-order valence-electron chi connectivity index (χ4n) is 4.01. The molecule has 5 rings (SSSR count). The monoisotopic (exact) mass is 494 g/mol. The van der Waals surface area contributed by atoms with Gasteiger partial charge in [-0.3, -0.25) is 14.3 Å². The van der Waals surface area contributed by atoms with Crippen LogP contribution in [0.15, 0.2) is 69.1 Å². The van der Waals surface area contributed by atoms with Crippen molar-refractivity contribution in [2.75, 3.05) is 4.72 Å². The maximum Gasteiger partial charge on any atom is 0.314 e. The van der Waals surface area contributed by atoms with Gasteiger partial charge in [0, 0.05) is 16.8 Å². The van der Waals surface area contributed by atoms with E-state index in [0.29, 0.717) is 21.8 Å². The predicted octanol–water partition coefficient (Wildman–Crippen LogP) is 4.44. The number of aryl methyl sites for hydroxylation is 2. The van der Waals surface area contributed by atoms with Gasteiger partial charge < -0.3 is 15.0 Å². The van der Waals surface area contributed by atoms with Gasteiger partial charge in [0.1, 0.15) is 0 Å². The zero-order chi connectivity index (χ0) is 24.2.